The lowest BCUT2D eigenvalue weighted by Crippen LogP contribution is -2.14. The Morgan fingerprint density at radius 3 is 2.76 bits per heavy atom. The van der Waals surface area contributed by atoms with Crippen LogP contribution in [-0.2, 0) is 5.75 Å². The normalized spacial score (nSPS) is 11.1. The van der Waals surface area contributed by atoms with E-state index in [0.29, 0.717) is 11.4 Å². The minimum Gasteiger partial charge on any atom is -0.295 e. The Kier molecular flexibility index (Phi) is 4.42. The molecule has 0 fully saturated rings. The summed E-state index contributed by atoms with van der Waals surface area (Å²) in [4.78, 5) is 21.1. The van der Waals surface area contributed by atoms with E-state index in [1.807, 2.05) is 53.2 Å². The summed E-state index contributed by atoms with van der Waals surface area (Å²) < 4.78 is 4.59. The van der Waals surface area contributed by atoms with E-state index in [1.165, 1.54) is 4.40 Å². The highest BCUT2D eigenvalue weighted by Gasteiger charge is 2.08. The first-order valence-electron chi connectivity index (χ1n) is 7.60. The maximum Gasteiger partial charge on any atom is 0.258 e. The molecule has 5 nitrogen and oxygen atoms in total. The third kappa shape index (κ3) is 3.38. The van der Waals surface area contributed by atoms with Crippen molar-refractivity contribution >= 4 is 33.3 Å². The Balaban J connectivity index is 1.59. The molecule has 0 aliphatic rings. The van der Waals surface area contributed by atoms with Crippen molar-refractivity contribution in [3.63, 3.8) is 0 Å². The molecule has 0 radical (unpaired) electrons. The van der Waals surface area contributed by atoms with Crippen LogP contribution in [0, 0.1) is 0 Å². The lowest BCUT2D eigenvalue weighted by atomic mass is 10.3. The molecule has 3 aromatic heterocycles. The molecule has 1 aromatic carbocycles. The van der Waals surface area contributed by atoms with Crippen molar-refractivity contribution in [2.24, 2.45) is 0 Å². The summed E-state index contributed by atoms with van der Waals surface area (Å²) in [6.07, 6.45) is 5.42. The molecule has 0 bridgehead atoms. The number of fused-ring (bicyclic) bond motifs is 1. The summed E-state index contributed by atoms with van der Waals surface area (Å²) in [5.41, 5.74) is 2.36. The maximum absolute atomic E-state index is 12.2. The van der Waals surface area contributed by atoms with Crippen molar-refractivity contribution in [3.8, 4) is 5.69 Å². The van der Waals surface area contributed by atoms with Crippen LogP contribution < -0.4 is 5.56 Å². The Morgan fingerprint density at radius 2 is 1.92 bits per heavy atom. The molecular weight excluding hydrogens is 400 g/mol. The Bertz CT molecular complexity index is 1090. The number of nitrogens with zero attached hydrogens (tertiary/aromatic N) is 4. The topological polar surface area (TPSA) is 52.2 Å². The Hall–Kier alpha value is -2.38. The van der Waals surface area contributed by atoms with E-state index in [-0.39, 0.29) is 5.56 Å². The van der Waals surface area contributed by atoms with E-state index < -0.39 is 0 Å². The largest absolute Gasteiger partial charge is 0.295 e. The Labute approximate surface area is 156 Å². The number of imidazole rings is 1. The molecule has 4 rings (SSSR count). The van der Waals surface area contributed by atoms with Gasteiger partial charge in [-0.3, -0.25) is 13.8 Å². The second-order valence-electron chi connectivity index (χ2n) is 5.36. The molecule has 7 heteroatoms. The molecule has 0 aliphatic carbocycles. The summed E-state index contributed by atoms with van der Waals surface area (Å²) in [7, 11) is 0. The molecule has 0 saturated heterocycles. The smallest absolute Gasteiger partial charge is 0.258 e. The summed E-state index contributed by atoms with van der Waals surface area (Å²) in [5, 5.41) is 0.859. The summed E-state index contributed by atoms with van der Waals surface area (Å²) >= 11 is 5.00. The van der Waals surface area contributed by atoms with Gasteiger partial charge in [0.2, 0.25) is 0 Å². The minimum absolute atomic E-state index is 0.0718. The van der Waals surface area contributed by atoms with Gasteiger partial charge in [0.05, 0.1) is 5.69 Å². The van der Waals surface area contributed by atoms with Crippen LogP contribution >= 0.6 is 27.7 Å². The first-order chi connectivity index (χ1) is 12.2. The van der Waals surface area contributed by atoms with Gasteiger partial charge in [0.25, 0.3) is 5.56 Å². The quantitative estimate of drug-likeness (QED) is 0.476. The highest BCUT2D eigenvalue weighted by Crippen LogP contribution is 2.24. The molecule has 0 saturated carbocycles. The zero-order chi connectivity index (χ0) is 17.2. The predicted molar refractivity (Wildman–Crippen MR) is 102 cm³/mol. The highest BCUT2D eigenvalue weighted by atomic mass is 79.9. The number of rotatable bonds is 4. The first-order valence-corrected chi connectivity index (χ1v) is 9.38. The zero-order valence-electron chi connectivity index (χ0n) is 13.0. The van der Waals surface area contributed by atoms with Gasteiger partial charge in [-0.2, -0.15) is 0 Å². The molecule has 0 spiro atoms. The van der Waals surface area contributed by atoms with Crippen molar-refractivity contribution < 1.29 is 0 Å². The fourth-order valence-corrected chi connectivity index (χ4v) is 3.64. The number of halogens is 1. The van der Waals surface area contributed by atoms with Gasteiger partial charge in [0.15, 0.2) is 5.16 Å². The fourth-order valence-electron chi connectivity index (χ4n) is 2.51. The fraction of sp³-hybridized carbons (Fsp3) is 0.0556. The molecular formula is C18H13BrN4OS. The molecule has 0 atom stereocenters. The lowest BCUT2D eigenvalue weighted by Gasteiger charge is -2.08. The molecule has 0 unspecified atom stereocenters. The van der Waals surface area contributed by atoms with Gasteiger partial charge in [0.1, 0.15) is 5.65 Å². The van der Waals surface area contributed by atoms with Crippen LogP contribution in [0.25, 0.3) is 11.3 Å². The van der Waals surface area contributed by atoms with Crippen LogP contribution in [0.5, 0.6) is 0 Å². The molecule has 0 aliphatic heterocycles. The SMILES string of the molecule is O=c1cc(CSc2nccn2-c2ccc(Br)cc2)nc2ccccn12. The molecule has 0 N–H and O–H groups in total. The Morgan fingerprint density at radius 1 is 1.08 bits per heavy atom. The molecule has 124 valence electrons. The second-order valence-corrected chi connectivity index (χ2v) is 7.22. The third-order valence-electron chi connectivity index (χ3n) is 3.68. The number of pyridine rings is 1. The van der Waals surface area contributed by atoms with E-state index in [1.54, 1.807) is 30.2 Å². The van der Waals surface area contributed by atoms with Crippen molar-refractivity contribution in [2.75, 3.05) is 0 Å². The van der Waals surface area contributed by atoms with Crippen LogP contribution in [0.3, 0.4) is 0 Å². The van der Waals surface area contributed by atoms with E-state index in [9.17, 15) is 4.79 Å². The number of aromatic nitrogens is 4. The number of hydrogen-bond acceptors (Lipinski definition) is 4. The molecule has 3 heterocycles. The standard InChI is InChI=1S/C18H13BrN4OS/c19-13-4-6-15(7-5-13)22-10-8-20-18(22)25-12-14-11-17(24)23-9-2-1-3-16(23)21-14/h1-11H,12H2. The third-order valence-corrected chi connectivity index (χ3v) is 5.21. The molecule has 25 heavy (non-hydrogen) atoms. The van der Waals surface area contributed by atoms with Gasteiger partial charge >= 0.3 is 0 Å². The van der Waals surface area contributed by atoms with Crippen molar-refractivity contribution in [3.05, 3.63) is 87.6 Å². The minimum atomic E-state index is -0.0718. The van der Waals surface area contributed by atoms with Gasteiger partial charge in [-0.15, -0.1) is 0 Å². The van der Waals surface area contributed by atoms with Crippen LogP contribution in [0.15, 0.2) is 81.5 Å². The van der Waals surface area contributed by atoms with Gasteiger partial charge in [0, 0.05) is 40.6 Å². The van der Waals surface area contributed by atoms with Crippen molar-refractivity contribution in [2.45, 2.75) is 10.9 Å². The van der Waals surface area contributed by atoms with Crippen LogP contribution in [-0.4, -0.2) is 18.9 Å². The van der Waals surface area contributed by atoms with Crippen molar-refractivity contribution in [1.29, 1.82) is 0 Å². The van der Waals surface area contributed by atoms with Crippen LogP contribution in [0.1, 0.15) is 5.69 Å². The second kappa shape index (κ2) is 6.85. The van der Waals surface area contributed by atoms with Crippen molar-refractivity contribution in [1.82, 2.24) is 18.9 Å². The van der Waals surface area contributed by atoms with Gasteiger partial charge < -0.3 is 0 Å². The molecule has 0 amide bonds. The zero-order valence-corrected chi connectivity index (χ0v) is 15.4. The maximum atomic E-state index is 12.2. The number of thioether (sulfide) groups is 1. The van der Waals surface area contributed by atoms with Gasteiger partial charge in [-0.25, -0.2) is 9.97 Å². The highest BCUT2D eigenvalue weighted by molar-refractivity contribution is 9.10. The van der Waals surface area contributed by atoms with E-state index >= 15 is 0 Å². The summed E-state index contributed by atoms with van der Waals surface area (Å²) in [5.74, 6) is 0.578. The van der Waals surface area contributed by atoms with E-state index in [2.05, 4.69) is 25.9 Å². The first kappa shape index (κ1) is 16.1. The van der Waals surface area contributed by atoms with Gasteiger partial charge in [-0.1, -0.05) is 33.8 Å². The summed E-state index contributed by atoms with van der Waals surface area (Å²) in [6, 6.07) is 15.1. The number of benzene rings is 1. The van der Waals surface area contributed by atoms with E-state index in [4.69, 9.17) is 0 Å². The monoisotopic (exact) mass is 412 g/mol. The van der Waals surface area contributed by atoms with E-state index in [0.717, 1.165) is 21.0 Å². The average Bonchev–Trinajstić information content (AvgIpc) is 3.09. The van der Waals surface area contributed by atoms with Crippen LogP contribution in [0.4, 0.5) is 0 Å². The summed E-state index contributed by atoms with van der Waals surface area (Å²) in [6.45, 7) is 0. The predicted octanol–water partition coefficient (Wildman–Crippen LogP) is 3.94. The number of hydrogen-bond donors (Lipinski definition) is 0. The van der Waals surface area contributed by atoms with Crippen LogP contribution in [0.2, 0.25) is 0 Å². The lowest BCUT2D eigenvalue weighted by molar-refractivity contribution is 0.893. The average molecular weight is 413 g/mol. The molecule has 4 aromatic rings. The van der Waals surface area contributed by atoms with Gasteiger partial charge in [-0.05, 0) is 36.4 Å².